The SMILES string of the molecule is Cc1[nH]nc2ncc(NC(=O)CCc3ccc(Cl)s3)cc12. The number of amides is 1. The molecule has 0 atom stereocenters. The molecule has 2 N–H and O–H groups in total. The van der Waals surface area contributed by atoms with Crippen molar-refractivity contribution in [1.29, 1.82) is 0 Å². The molecule has 21 heavy (non-hydrogen) atoms. The van der Waals surface area contributed by atoms with Crippen LogP contribution in [0.3, 0.4) is 0 Å². The Bertz CT molecular complexity index is 795. The lowest BCUT2D eigenvalue weighted by molar-refractivity contribution is -0.116. The fourth-order valence-corrected chi connectivity index (χ4v) is 3.12. The second-order valence-electron chi connectivity index (χ2n) is 4.70. The van der Waals surface area contributed by atoms with Crippen molar-refractivity contribution in [2.24, 2.45) is 0 Å². The Morgan fingerprint density at radius 2 is 2.33 bits per heavy atom. The maximum Gasteiger partial charge on any atom is 0.224 e. The van der Waals surface area contributed by atoms with Crippen molar-refractivity contribution < 1.29 is 4.79 Å². The molecule has 0 aliphatic rings. The molecule has 3 heterocycles. The second-order valence-corrected chi connectivity index (χ2v) is 6.50. The number of anilines is 1. The van der Waals surface area contributed by atoms with Crippen LogP contribution in [-0.4, -0.2) is 21.1 Å². The van der Waals surface area contributed by atoms with Gasteiger partial charge in [0.2, 0.25) is 5.91 Å². The number of fused-ring (bicyclic) bond motifs is 1. The summed E-state index contributed by atoms with van der Waals surface area (Å²) in [6, 6.07) is 5.67. The van der Waals surface area contributed by atoms with Gasteiger partial charge in [-0.3, -0.25) is 9.89 Å². The van der Waals surface area contributed by atoms with Gasteiger partial charge in [-0.25, -0.2) is 4.98 Å². The third-order valence-electron chi connectivity index (χ3n) is 3.11. The van der Waals surface area contributed by atoms with Crippen molar-refractivity contribution in [1.82, 2.24) is 15.2 Å². The monoisotopic (exact) mass is 320 g/mol. The number of pyridine rings is 1. The highest BCUT2D eigenvalue weighted by Gasteiger charge is 2.08. The molecule has 1 amide bonds. The Hall–Kier alpha value is -1.92. The number of nitrogens with zero attached hydrogens (tertiary/aromatic N) is 2. The molecule has 3 aromatic heterocycles. The summed E-state index contributed by atoms with van der Waals surface area (Å²) in [5.74, 6) is -0.0400. The number of aryl methyl sites for hydroxylation is 2. The maximum absolute atomic E-state index is 12.0. The van der Waals surface area contributed by atoms with E-state index in [9.17, 15) is 4.79 Å². The number of aromatic nitrogens is 3. The number of rotatable bonds is 4. The van der Waals surface area contributed by atoms with Gasteiger partial charge in [0.25, 0.3) is 0 Å². The van der Waals surface area contributed by atoms with Crippen molar-refractivity contribution in [2.45, 2.75) is 19.8 Å². The summed E-state index contributed by atoms with van der Waals surface area (Å²) in [6.45, 7) is 1.92. The summed E-state index contributed by atoms with van der Waals surface area (Å²) in [7, 11) is 0. The van der Waals surface area contributed by atoms with E-state index < -0.39 is 0 Å². The molecule has 7 heteroatoms. The van der Waals surface area contributed by atoms with Crippen LogP contribution in [-0.2, 0) is 11.2 Å². The van der Waals surface area contributed by atoms with E-state index >= 15 is 0 Å². The molecule has 0 bridgehead atoms. The van der Waals surface area contributed by atoms with Crippen LogP contribution in [0.5, 0.6) is 0 Å². The number of hydrogen-bond donors (Lipinski definition) is 2. The first kappa shape index (κ1) is 14.0. The first-order valence-corrected chi connectivity index (χ1v) is 7.66. The van der Waals surface area contributed by atoms with Gasteiger partial charge < -0.3 is 5.32 Å². The van der Waals surface area contributed by atoms with Gasteiger partial charge in [-0.15, -0.1) is 11.3 Å². The quantitative estimate of drug-likeness (QED) is 0.772. The number of aromatic amines is 1. The van der Waals surface area contributed by atoms with Crippen molar-refractivity contribution in [3.63, 3.8) is 0 Å². The van der Waals surface area contributed by atoms with Crippen molar-refractivity contribution in [3.05, 3.63) is 39.3 Å². The molecule has 0 spiro atoms. The Kier molecular flexibility index (Phi) is 3.90. The normalized spacial score (nSPS) is 11.0. The molecule has 108 valence electrons. The largest absolute Gasteiger partial charge is 0.325 e. The average Bonchev–Trinajstić information content (AvgIpc) is 3.04. The predicted molar refractivity (Wildman–Crippen MR) is 84.9 cm³/mol. The average molecular weight is 321 g/mol. The fourth-order valence-electron chi connectivity index (χ4n) is 2.03. The molecule has 0 fully saturated rings. The van der Waals surface area contributed by atoms with Crippen LogP contribution in [0.4, 0.5) is 5.69 Å². The maximum atomic E-state index is 12.0. The molecule has 5 nitrogen and oxygen atoms in total. The first-order valence-electron chi connectivity index (χ1n) is 6.46. The van der Waals surface area contributed by atoms with Gasteiger partial charge in [0.15, 0.2) is 5.65 Å². The molecule has 0 saturated carbocycles. The molecule has 0 aromatic carbocycles. The molecule has 0 saturated heterocycles. The van der Waals surface area contributed by atoms with E-state index in [1.54, 1.807) is 6.20 Å². The Morgan fingerprint density at radius 3 is 3.10 bits per heavy atom. The molecule has 3 aromatic rings. The van der Waals surface area contributed by atoms with Crippen LogP contribution in [0.1, 0.15) is 17.0 Å². The zero-order valence-electron chi connectivity index (χ0n) is 11.3. The van der Waals surface area contributed by atoms with E-state index in [1.165, 1.54) is 11.3 Å². The summed E-state index contributed by atoms with van der Waals surface area (Å²) >= 11 is 7.37. The van der Waals surface area contributed by atoms with Crippen molar-refractivity contribution in [2.75, 3.05) is 5.32 Å². The molecule has 0 radical (unpaired) electrons. The summed E-state index contributed by atoms with van der Waals surface area (Å²) in [5.41, 5.74) is 2.27. The minimum Gasteiger partial charge on any atom is -0.325 e. The third-order valence-corrected chi connectivity index (χ3v) is 4.40. The van der Waals surface area contributed by atoms with Crippen molar-refractivity contribution >= 4 is 45.6 Å². The summed E-state index contributed by atoms with van der Waals surface area (Å²) < 4.78 is 0.746. The molecule has 0 aliphatic carbocycles. The smallest absolute Gasteiger partial charge is 0.224 e. The number of carbonyl (C=O) groups is 1. The number of H-pyrrole nitrogens is 1. The van der Waals surface area contributed by atoms with Crippen LogP contribution in [0.25, 0.3) is 11.0 Å². The third kappa shape index (κ3) is 3.22. The zero-order valence-corrected chi connectivity index (χ0v) is 12.9. The van der Waals surface area contributed by atoms with Gasteiger partial charge in [0.1, 0.15) is 0 Å². The van der Waals surface area contributed by atoms with Gasteiger partial charge in [-0.1, -0.05) is 11.6 Å². The summed E-state index contributed by atoms with van der Waals surface area (Å²) in [5, 5.41) is 10.7. The lowest BCUT2D eigenvalue weighted by Crippen LogP contribution is -2.12. The molecular formula is C14H13ClN4OS. The van der Waals surface area contributed by atoms with Gasteiger partial charge in [0, 0.05) is 22.4 Å². The lowest BCUT2D eigenvalue weighted by Gasteiger charge is -2.04. The fraction of sp³-hybridized carbons (Fsp3) is 0.214. The topological polar surface area (TPSA) is 70.7 Å². The van der Waals surface area contributed by atoms with E-state index in [2.05, 4.69) is 20.5 Å². The number of nitrogens with one attached hydrogen (secondary N) is 2. The van der Waals surface area contributed by atoms with E-state index in [0.717, 1.165) is 20.3 Å². The van der Waals surface area contributed by atoms with Gasteiger partial charge in [0.05, 0.1) is 16.2 Å². The first-order chi connectivity index (χ1) is 10.1. The Labute approximate surface area is 130 Å². The second kappa shape index (κ2) is 5.83. The minimum absolute atomic E-state index is 0.0400. The number of thiophene rings is 1. The highest BCUT2D eigenvalue weighted by molar-refractivity contribution is 7.16. The van der Waals surface area contributed by atoms with E-state index in [4.69, 9.17) is 11.6 Å². The van der Waals surface area contributed by atoms with Crippen molar-refractivity contribution in [3.8, 4) is 0 Å². The molecule has 0 unspecified atom stereocenters. The van der Waals surface area contributed by atoms with Crippen LogP contribution in [0.2, 0.25) is 4.34 Å². The minimum atomic E-state index is -0.0400. The Balaban J connectivity index is 1.64. The van der Waals surface area contributed by atoms with Crippen LogP contribution >= 0.6 is 22.9 Å². The van der Waals surface area contributed by atoms with Crippen LogP contribution < -0.4 is 5.32 Å². The standard InChI is InChI=1S/C14H13ClN4OS/c1-8-11-6-9(7-16-14(11)19-18-8)17-13(20)5-3-10-2-4-12(15)21-10/h2,4,6-7H,3,5H2,1H3,(H,17,20)(H,16,18,19). The molecule has 3 rings (SSSR count). The molecular weight excluding hydrogens is 308 g/mol. The zero-order chi connectivity index (χ0) is 14.8. The van der Waals surface area contributed by atoms with Crippen LogP contribution in [0.15, 0.2) is 24.4 Å². The number of carbonyl (C=O) groups excluding carboxylic acids is 1. The van der Waals surface area contributed by atoms with Gasteiger partial charge in [-0.2, -0.15) is 5.10 Å². The van der Waals surface area contributed by atoms with E-state index in [0.29, 0.717) is 24.2 Å². The van der Waals surface area contributed by atoms with E-state index in [-0.39, 0.29) is 5.91 Å². The highest BCUT2D eigenvalue weighted by Crippen LogP contribution is 2.23. The van der Waals surface area contributed by atoms with E-state index in [1.807, 2.05) is 25.1 Å². The predicted octanol–water partition coefficient (Wildman–Crippen LogP) is 3.55. The Morgan fingerprint density at radius 1 is 1.48 bits per heavy atom. The summed E-state index contributed by atoms with van der Waals surface area (Å²) in [4.78, 5) is 17.3. The number of hydrogen-bond acceptors (Lipinski definition) is 4. The highest BCUT2D eigenvalue weighted by atomic mass is 35.5. The molecule has 0 aliphatic heterocycles. The van der Waals surface area contributed by atoms with Gasteiger partial charge in [-0.05, 0) is 31.5 Å². The van der Waals surface area contributed by atoms with Crippen LogP contribution in [0, 0.1) is 6.92 Å². The summed E-state index contributed by atoms with van der Waals surface area (Å²) in [6.07, 6.45) is 2.71. The number of halogens is 1. The van der Waals surface area contributed by atoms with Gasteiger partial charge >= 0.3 is 0 Å². The lowest BCUT2D eigenvalue weighted by atomic mass is 10.2.